The van der Waals surface area contributed by atoms with Crippen LogP contribution in [0, 0.1) is 5.92 Å². The third-order valence-electron chi connectivity index (χ3n) is 7.64. The van der Waals surface area contributed by atoms with Crippen LogP contribution in [0.15, 0.2) is 84.9 Å². The number of ether oxygens (including phenoxy) is 2. The average molecular weight is 573 g/mol. The third-order valence-corrected chi connectivity index (χ3v) is 7.95. The summed E-state index contributed by atoms with van der Waals surface area (Å²) in [6, 6.07) is 25.6. The highest BCUT2D eigenvalue weighted by Gasteiger charge is 2.50. The van der Waals surface area contributed by atoms with Gasteiger partial charge in [0.2, 0.25) is 5.60 Å². The first kappa shape index (κ1) is 26.7. The highest BCUT2D eigenvalue weighted by atomic mass is 79.9. The van der Waals surface area contributed by atoms with Crippen LogP contribution in [-0.2, 0) is 15.1 Å². The van der Waals surface area contributed by atoms with Gasteiger partial charge in [-0.15, -0.1) is 0 Å². The van der Waals surface area contributed by atoms with Crippen molar-refractivity contribution in [3.05, 3.63) is 101 Å². The number of carbonyl (C=O) groups is 1. The number of aliphatic hydroxyl groups is 1. The lowest BCUT2D eigenvalue weighted by molar-refractivity contribution is -0.946. The maximum absolute atomic E-state index is 13.6. The Balaban J connectivity index is 0.00000304. The lowest BCUT2D eigenvalue weighted by Gasteiger charge is -2.52. The van der Waals surface area contributed by atoms with Gasteiger partial charge in [-0.1, -0.05) is 84.4 Å². The van der Waals surface area contributed by atoms with Crippen LogP contribution in [0.3, 0.4) is 0 Å². The third kappa shape index (κ3) is 5.32. The molecule has 2 bridgehead atoms. The molecule has 3 aliphatic heterocycles. The molecule has 3 saturated heterocycles. The molecule has 0 spiro atoms. The molecule has 36 heavy (non-hydrogen) atoms. The Hall–Kier alpha value is -2.38. The van der Waals surface area contributed by atoms with Gasteiger partial charge in [-0.05, 0) is 23.3 Å². The second-order valence-corrected chi connectivity index (χ2v) is 10.1. The number of fused-ring (bicyclic) bond motifs is 3. The molecule has 0 aliphatic carbocycles. The molecule has 6 rings (SSSR count). The van der Waals surface area contributed by atoms with Crippen LogP contribution in [0.4, 0.5) is 0 Å². The number of halogens is 2. The van der Waals surface area contributed by atoms with E-state index in [4.69, 9.17) is 21.1 Å². The van der Waals surface area contributed by atoms with Gasteiger partial charge in [-0.3, -0.25) is 0 Å². The van der Waals surface area contributed by atoms with Gasteiger partial charge in [0.25, 0.3) is 0 Å². The topological polar surface area (TPSA) is 55.8 Å². The second-order valence-electron chi connectivity index (χ2n) is 9.70. The highest BCUT2D eigenvalue weighted by molar-refractivity contribution is 6.32. The molecule has 190 valence electrons. The molecule has 3 aromatic carbocycles. The first-order chi connectivity index (χ1) is 17.0. The monoisotopic (exact) mass is 571 g/mol. The Morgan fingerprint density at radius 3 is 2.06 bits per heavy atom. The lowest BCUT2D eigenvalue weighted by atomic mass is 9.82. The first-order valence-electron chi connectivity index (χ1n) is 12.3. The van der Waals surface area contributed by atoms with Crippen molar-refractivity contribution in [3.8, 4) is 5.75 Å². The standard InChI is InChI=1S/C29H31ClNO4.BrH/c30-25-13-7-8-14-26(25)34-20-19-31-17-15-22(16-18-31)27(21-31)35-28(32)29(33,23-9-3-1-4-10-23)24-11-5-2-6-12-24;/h1-14,22,27,33H,15-21H2;1H/q+1;/p-1. The number of hydrogen-bond donors (Lipinski definition) is 1. The van der Waals surface area contributed by atoms with Gasteiger partial charge in [0, 0.05) is 18.8 Å². The molecule has 1 unspecified atom stereocenters. The summed E-state index contributed by atoms with van der Waals surface area (Å²) < 4.78 is 13.0. The minimum absolute atomic E-state index is 0. The second kappa shape index (κ2) is 11.3. The quantitative estimate of drug-likeness (QED) is 0.331. The molecule has 0 radical (unpaired) electrons. The van der Waals surface area contributed by atoms with E-state index in [0.29, 0.717) is 34.4 Å². The number of rotatable bonds is 8. The van der Waals surface area contributed by atoms with Crippen molar-refractivity contribution in [1.29, 1.82) is 0 Å². The van der Waals surface area contributed by atoms with Crippen LogP contribution in [0.2, 0.25) is 5.02 Å². The first-order valence-corrected chi connectivity index (χ1v) is 12.6. The summed E-state index contributed by atoms with van der Waals surface area (Å²) in [6.07, 6.45) is 1.77. The molecule has 3 heterocycles. The summed E-state index contributed by atoms with van der Waals surface area (Å²) in [6.45, 7) is 4.21. The highest BCUT2D eigenvalue weighted by Crippen LogP contribution is 2.38. The van der Waals surface area contributed by atoms with Crippen LogP contribution in [0.5, 0.6) is 5.75 Å². The van der Waals surface area contributed by atoms with Gasteiger partial charge in [0.05, 0.1) is 18.1 Å². The van der Waals surface area contributed by atoms with Gasteiger partial charge in [-0.25, -0.2) is 4.79 Å². The van der Waals surface area contributed by atoms with E-state index in [2.05, 4.69) is 0 Å². The molecule has 0 saturated carbocycles. The minimum atomic E-state index is -1.85. The zero-order valence-corrected chi connectivity index (χ0v) is 22.4. The molecular weight excluding hydrogens is 542 g/mol. The molecule has 3 fully saturated rings. The fraction of sp³-hybridized carbons (Fsp3) is 0.345. The number of hydrogen-bond acceptors (Lipinski definition) is 4. The van der Waals surface area contributed by atoms with E-state index in [1.165, 1.54) is 0 Å². The Kier molecular flexibility index (Phi) is 8.41. The Labute approximate surface area is 228 Å². The Bertz CT molecular complexity index is 1110. The minimum Gasteiger partial charge on any atom is -1.00 e. The average Bonchev–Trinajstić information content (AvgIpc) is 2.91. The number of benzene rings is 3. The number of piperidine rings is 3. The smallest absolute Gasteiger partial charge is 0.348 e. The van der Waals surface area contributed by atoms with Crippen molar-refractivity contribution in [2.45, 2.75) is 24.5 Å². The summed E-state index contributed by atoms with van der Waals surface area (Å²) in [5, 5.41) is 12.4. The predicted octanol–water partition coefficient (Wildman–Crippen LogP) is 1.81. The SMILES string of the molecule is O=C(OC1C[N+]2(CCOc3ccccc3Cl)CCC1CC2)C(O)(c1ccccc1)c1ccccc1.[Br-]. The van der Waals surface area contributed by atoms with Crippen molar-refractivity contribution >= 4 is 17.6 Å². The number of nitrogens with zero attached hydrogens (tertiary/aromatic N) is 1. The van der Waals surface area contributed by atoms with E-state index in [9.17, 15) is 9.90 Å². The van der Waals surface area contributed by atoms with Crippen LogP contribution < -0.4 is 21.7 Å². The van der Waals surface area contributed by atoms with Crippen molar-refractivity contribution in [3.63, 3.8) is 0 Å². The van der Waals surface area contributed by atoms with E-state index in [1.807, 2.05) is 60.7 Å². The zero-order chi connectivity index (χ0) is 24.3. The summed E-state index contributed by atoms with van der Waals surface area (Å²) >= 11 is 6.24. The molecule has 7 heteroatoms. The Morgan fingerprint density at radius 1 is 0.917 bits per heavy atom. The molecule has 1 N–H and O–H groups in total. The predicted molar refractivity (Wildman–Crippen MR) is 135 cm³/mol. The van der Waals surface area contributed by atoms with Crippen LogP contribution in [0.25, 0.3) is 0 Å². The van der Waals surface area contributed by atoms with Gasteiger partial charge in [-0.2, -0.15) is 0 Å². The molecule has 3 aromatic rings. The van der Waals surface area contributed by atoms with E-state index in [-0.39, 0.29) is 23.1 Å². The van der Waals surface area contributed by atoms with Crippen LogP contribution in [0.1, 0.15) is 24.0 Å². The summed E-state index contributed by atoms with van der Waals surface area (Å²) in [5.74, 6) is 0.399. The maximum Gasteiger partial charge on any atom is 0.348 e. The molecular formula is C29H31BrClNO4. The van der Waals surface area contributed by atoms with Gasteiger partial charge >= 0.3 is 5.97 Å². The van der Waals surface area contributed by atoms with E-state index >= 15 is 0 Å². The fourth-order valence-corrected chi connectivity index (χ4v) is 5.75. The zero-order valence-electron chi connectivity index (χ0n) is 20.1. The normalized spacial score (nSPS) is 22.9. The van der Waals surface area contributed by atoms with Crippen molar-refractivity contribution in [2.24, 2.45) is 5.92 Å². The van der Waals surface area contributed by atoms with Crippen LogP contribution >= 0.6 is 11.6 Å². The molecule has 0 aromatic heterocycles. The number of esters is 1. The molecule has 1 atom stereocenters. The van der Waals surface area contributed by atoms with Gasteiger partial charge in [0.15, 0.2) is 6.10 Å². The van der Waals surface area contributed by atoms with E-state index in [0.717, 1.165) is 43.5 Å². The van der Waals surface area contributed by atoms with Crippen molar-refractivity contribution in [2.75, 3.05) is 32.8 Å². The molecule has 3 aliphatic rings. The maximum atomic E-state index is 13.6. The Morgan fingerprint density at radius 2 is 1.47 bits per heavy atom. The largest absolute Gasteiger partial charge is 1.00 e. The van der Waals surface area contributed by atoms with E-state index < -0.39 is 11.6 Å². The summed E-state index contributed by atoms with van der Waals surface area (Å²) in [4.78, 5) is 13.6. The molecule has 0 amide bonds. The number of carbonyl (C=O) groups excluding carboxylic acids is 1. The summed E-state index contributed by atoms with van der Waals surface area (Å²) in [7, 11) is 0. The van der Waals surface area contributed by atoms with Crippen molar-refractivity contribution < 1.29 is 40.8 Å². The molecule has 5 nitrogen and oxygen atoms in total. The van der Waals surface area contributed by atoms with E-state index in [1.54, 1.807) is 24.3 Å². The van der Waals surface area contributed by atoms with Gasteiger partial charge < -0.3 is 36.0 Å². The van der Waals surface area contributed by atoms with Gasteiger partial charge in [0.1, 0.15) is 25.4 Å². The lowest BCUT2D eigenvalue weighted by Crippen LogP contribution is -3.00. The number of para-hydroxylation sites is 1. The van der Waals surface area contributed by atoms with Crippen molar-refractivity contribution in [1.82, 2.24) is 0 Å². The number of quaternary nitrogens is 1. The fourth-order valence-electron chi connectivity index (χ4n) is 5.56. The summed E-state index contributed by atoms with van der Waals surface area (Å²) in [5.41, 5.74) is -0.837. The van der Waals surface area contributed by atoms with Crippen LogP contribution in [-0.4, -0.2) is 54.4 Å².